The predicted molar refractivity (Wildman–Crippen MR) is 68.0 cm³/mol. The second-order valence-electron chi connectivity index (χ2n) is 4.69. The molecule has 2 rings (SSSR count). The van der Waals surface area contributed by atoms with Crippen LogP contribution in [0.4, 0.5) is 0 Å². The van der Waals surface area contributed by atoms with Crippen LogP contribution in [0.25, 0.3) is 0 Å². The fourth-order valence-corrected chi connectivity index (χ4v) is 2.29. The van der Waals surface area contributed by atoms with E-state index in [9.17, 15) is 5.11 Å². The molecule has 1 unspecified atom stereocenters. The Labute approximate surface area is 103 Å². The van der Waals surface area contributed by atoms with Gasteiger partial charge in [0.25, 0.3) is 0 Å². The van der Waals surface area contributed by atoms with E-state index in [1.807, 2.05) is 24.3 Å². The molecule has 1 fully saturated rings. The lowest BCUT2D eigenvalue weighted by Crippen LogP contribution is -2.11. The van der Waals surface area contributed by atoms with E-state index in [2.05, 4.69) is 0 Å². The molecule has 0 heterocycles. The summed E-state index contributed by atoms with van der Waals surface area (Å²) >= 11 is 0. The van der Waals surface area contributed by atoms with Gasteiger partial charge in [-0.3, -0.25) is 0 Å². The van der Waals surface area contributed by atoms with Gasteiger partial charge in [-0.25, -0.2) is 0 Å². The largest absolute Gasteiger partial charge is 0.490 e. The van der Waals surface area contributed by atoms with Crippen LogP contribution in [-0.4, -0.2) is 17.8 Å². The van der Waals surface area contributed by atoms with Crippen molar-refractivity contribution in [1.82, 2.24) is 0 Å². The summed E-state index contributed by atoms with van der Waals surface area (Å²) in [6, 6.07) is 7.72. The summed E-state index contributed by atoms with van der Waals surface area (Å²) in [5.41, 5.74) is 6.33. The van der Waals surface area contributed by atoms with Crippen LogP contribution in [0.15, 0.2) is 24.3 Å². The molecule has 3 heteroatoms. The maximum atomic E-state index is 9.77. The molecule has 0 aliphatic heterocycles. The van der Waals surface area contributed by atoms with Gasteiger partial charge in [-0.1, -0.05) is 12.1 Å². The SMILES string of the molecule is NCCC(O)c1ccc(OC2CCCC2)cc1. The first-order valence-electron chi connectivity index (χ1n) is 6.44. The Balaban J connectivity index is 1.92. The number of benzene rings is 1. The van der Waals surface area contributed by atoms with Crippen LogP contribution in [0.2, 0.25) is 0 Å². The third-order valence-electron chi connectivity index (χ3n) is 3.31. The first kappa shape index (κ1) is 12.4. The van der Waals surface area contributed by atoms with E-state index in [0.717, 1.165) is 24.2 Å². The smallest absolute Gasteiger partial charge is 0.119 e. The summed E-state index contributed by atoms with van der Waals surface area (Å²) in [7, 11) is 0. The third kappa shape index (κ3) is 3.45. The van der Waals surface area contributed by atoms with Crippen molar-refractivity contribution >= 4 is 0 Å². The van der Waals surface area contributed by atoms with E-state index in [4.69, 9.17) is 10.5 Å². The third-order valence-corrected chi connectivity index (χ3v) is 3.31. The van der Waals surface area contributed by atoms with E-state index in [1.54, 1.807) is 0 Å². The van der Waals surface area contributed by atoms with Crippen LogP contribution < -0.4 is 10.5 Å². The minimum absolute atomic E-state index is 0.384. The van der Waals surface area contributed by atoms with E-state index in [1.165, 1.54) is 12.8 Å². The topological polar surface area (TPSA) is 55.5 Å². The quantitative estimate of drug-likeness (QED) is 0.824. The molecule has 1 atom stereocenters. The van der Waals surface area contributed by atoms with E-state index < -0.39 is 6.10 Å². The lowest BCUT2D eigenvalue weighted by Gasteiger charge is -2.14. The van der Waals surface area contributed by atoms with Gasteiger partial charge in [0.2, 0.25) is 0 Å². The lowest BCUT2D eigenvalue weighted by atomic mass is 10.1. The van der Waals surface area contributed by atoms with Gasteiger partial charge in [0.15, 0.2) is 0 Å². The molecule has 0 radical (unpaired) electrons. The maximum Gasteiger partial charge on any atom is 0.119 e. The van der Waals surface area contributed by atoms with Crippen LogP contribution in [0.5, 0.6) is 5.75 Å². The molecule has 1 aromatic carbocycles. The number of hydrogen-bond acceptors (Lipinski definition) is 3. The molecule has 1 aromatic rings. The highest BCUT2D eigenvalue weighted by molar-refractivity contribution is 5.28. The molecule has 94 valence electrons. The zero-order valence-electron chi connectivity index (χ0n) is 10.1. The first-order valence-corrected chi connectivity index (χ1v) is 6.44. The first-order chi connectivity index (χ1) is 8.29. The highest BCUT2D eigenvalue weighted by Crippen LogP contribution is 2.25. The fourth-order valence-electron chi connectivity index (χ4n) is 2.29. The summed E-state index contributed by atoms with van der Waals surface area (Å²) in [6.45, 7) is 0.501. The molecule has 0 saturated heterocycles. The van der Waals surface area contributed by atoms with Crippen molar-refractivity contribution in [2.45, 2.75) is 44.3 Å². The number of ether oxygens (including phenoxy) is 1. The van der Waals surface area contributed by atoms with E-state index in [-0.39, 0.29) is 0 Å². The number of rotatable bonds is 5. The monoisotopic (exact) mass is 235 g/mol. The van der Waals surface area contributed by atoms with Crippen LogP contribution in [0, 0.1) is 0 Å². The molecule has 17 heavy (non-hydrogen) atoms. The van der Waals surface area contributed by atoms with Crippen molar-refractivity contribution in [3.8, 4) is 5.75 Å². The minimum Gasteiger partial charge on any atom is -0.490 e. The van der Waals surface area contributed by atoms with Crippen LogP contribution in [0.1, 0.15) is 43.8 Å². The highest BCUT2D eigenvalue weighted by Gasteiger charge is 2.16. The zero-order chi connectivity index (χ0) is 12.1. The average Bonchev–Trinajstić information content (AvgIpc) is 2.83. The molecular formula is C14H21NO2. The number of hydrogen-bond donors (Lipinski definition) is 2. The molecule has 0 aromatic heterocycles. The van der Waals surface area contributed by atoms with Crippen LogP contribution in [0.3, 0.4) is 0 Å². The Morgan fingerprint density at radius 1 is 1.24 bits per heavy atom. The summed E-state index contributed by atoms with van der Waals surface area (Å²) in [5.74, 6) is 0.903. The minimum atomic E-state index is -0.458. The Morgan fingerprint density at radius 2 is 1.88 bits per heavy atom. The number of aliphatic hydroxyl groups is 1. The van der Waals surface area contributed by atoms with Crippen molar-refractivity contribution in [2.24, 2.45) is 5.73 Å². The summed E-state index contributed by atoms with van der Waals surface area (Å²) in [6.07, 6.45) is 5.41. The van der Waals surface area contributed by atoms with Crippen molar-refractivity contribution in [3.63, 3.8) is 0 Å². The zero-order valence-corrected chi connectivity index (χ0v) is 10.1. The predicted octanol–water partition coefficient (Wildman–Crippen LogP) is 2.39. The fraction of sp³-hybridized carbons (Fsp3) is 0.571. The van der Waals surface area contributed by atoms with E-state index in [0.29, 0.717) is 19.1 Å². The van der Waals surface area contributed by atoms with Gasteiger partial charge in [0, 0.05) is 0 Å². The lowest BCUT2D eigenvalue weighted by molar-refractivity contribution is 0.170. The highest BCUT2D eigenvalue weighted by atomic mass is 16.5. The van der Waals surface area contributed by atoms with Crippen molar-refractivity contribution < 1.29 is 9.84 Å². The molecule has 3 N–H and O–H groups in total. The molecule has 0 bridgehead atoms. The molecule has 0 spiro atoms. The molecular weight excluding hydrogens is 214 g/mol. The Bertz CT molecular complexity index is 331. The van der Waals surface area contributed by atoms with Gasteiger partial charge < -0.3 is 15.6 Å². The van der Waals surface area contributed by atoms with Crippen LogP contribution in [-0.2, 0) is 0 Å². The standard InChI is InChI=1S/C14H21NO2/c15-10-9-14(16)11-5-7-13(8-6-11)17-12-3-1-2-4-12/h5-8,12,14,16H,1-4,9-10,15H2. The van der Waals surface area contributed by atoms with Gasteiger partial charge in [0.05, 0.1) is 12.2 Å². The van der Waals surface area contributed by atoms with Gasteiger partial charge >= 0.3 is 0 Å². The van der Waals surface area contributed by atoms with Gasteiger partial charge in [-0.15, -0.1) is 0 Å². The van der Waals surface area contributed by atoms with Gasteiger partial charge in [-0.2, -0.15) is 0 Å². The summed E-state index contributed by atoms with van der Waals surface area (Å²) < 4.78 is 5.86. The molecule has 1 aliphatic carbocycles. The maximum absolute atomic E-state index is 9.77. The second kappa shape index (κ2) is 6.03. The van der Waals surface area contributed by atoms with Crippen molar-refractivity contribution in [3.05, 3.63) is 29.8 Å². The molecule has 3 nitrogen and oxygen atoms in total. The van der Waals surface area contributed by atoms with Gasteiger partial charge in [-0.05, 0) is 56.3 Å². The van der Waals surface area contributed by atoms with Crippen molar-refractivity contribution in [2.75, 3.05) is 6.54 Å². The summed E-state index contributed by atoms with van der Waals surface area (Å²) in [5, 5.41) is 9.77. The van der Waals surface area contributed by atoms with Gasteiger partial charge in [0.1, 0.15) is 5.75 Å². The average molecular weight is 235 g/mol. The van der Waals surface area contributed by atoms with E-state index >= 15 is 0 Å². The van der Waals surface area contributed by atoms with Crippen LogP contribution >= 0.6 is 0 Å². The molecule has 1 aliphatic rings. The number of aliphatic hydroxyl groups excluding tert-OH is 1. The molecule has 0 amide bonds. The molecule has 1 saturated carbocycles. The second-order valence-corrected chi connectivity index (χ2v) is 4.69. The Hall–Kier alpha value is -1.06. The Morgan fingerprint density at radius 3 is 2.47 bits per heavy atom. The van der Waals surface area contributed by atoms with Crippen molar-refractivity contribution in [1.29, 1.82) is 0 Å². The summed E-state index contributed by atoms with van der Waals surface area (Å²) in [4.78, 5) is 0. The normalized spacial score (nSPS) is 18.2. The number of nitrogens with two attached hydrogens (primary N) is 1. The Kier molecular flexibility index (Phi) is 4.40.